The Bertz CT molecular complexity index is 795. The summed E-state index contributed by atoms with van der Waals surface area (Å²) in [6, 6.07) is 0.351. The van der Waals surface area contributed by atoms with E-state index in [9.17, 15) is 5.11 Å². The quantitative estimate of drug-likeness (QED) is 0.761. The highest BCUT2D eigenvalue weighted by Gasteiger charge is 2.38. The Balaban J connectivity index is 1.77. The highest BCUT2D eigenvalue weighted by Crippen LogP contribution is 2.39. The predicted octanol–water partition coefficient (Wildman–Crippen LogP) is 4.23. The molecule has 2 fully saturated rings. The second-order valence-corrected chi connectivity index (χ2v) is 8.80. The number of aromatic nitrogens is 4. The van der Waals surface area contributed by atoms with Gasteiger partial charge in [0.1, 0.15) is 11.1 Å². The number of rotatable bonds is 7. The van der Waals surface area contributed by atoms with E-state index in [0.29, 0.717) is 17.8 Å². The van der Waals surface area contributed by atoms with E-state index >= 15 is 0 Å². The molecule has 0 spiro atoms. The first-order valence-electron chi connectivity index (χ1n) is 10.7. The third-order valence-corrected chi connectivity index (χ3v) is 6.33. The fraction of sp³-hybridized carbons (Fsp3) is 0.762. The number of anilines is 1. The van der Waals surface area contributed by atoms with E-state index in [4.69, 9.17) is 9.97 Å². The van der Waals surface area contributed by atoms with E-state index in [1.807, 2.05) is 6.33 Å². The van der Waals surface area contributed by atoms with Gasteiger partial charge in [-0.3, -0.25) is 0 Å². The van der Waals surface area contributed by atoms with E-state index in [-0.39, 0.29) is 0 Å². The van der Waals surface area contributed by atoms with Gasteiger partial charge in [-0.1, -0.05) is 27.2 Å². The molecule has 0 radical (unpaired) electrons. The summed E-state index contributed by atoms with van der Waals surface area (Å²) in [6.07, 6.45) is 10.2. The zero-order valence-electron chi connectivity index (χ0n) is 16.9. The Morgan fingerprint density at radius 3 is 2.70 bits per heavy atom. The van der Waals surface area contributed by atoms with Gasteiger partial charge in [0.05, 0.1) is 6.33 Å². The minimum atomic E-state index is -0.926. The van der Waals surface area contributed by atoms with Crippen LogP contribution >= 0.6 is 0 Å². The van der Waals surface area contributed by atoms with Gasteiger partial charge in [-0.2, -0.15) is 0 Å². The van der Waals surface area contributed by atoms with Crippen LogP contribution in [0.1, 0.15) is 78.0 Å². The van der Waals surface area contributed by atoms with Crippen molar-refractivity contribution in [1.29, 1.82) is 0 Å². The van der Waals surface area contributed by atoms with Crippen LogP contribution in [-0.2, 0) is 12.1 Å². The Hall–Kier alpha value is -1.69. The van der Waals surface area contributed by atoms with Crippen LogP contribution in [-0.4, -0.2) is 30.7 Å². The lowest BCUT2D eigenvalue weighted by atomic mass is 9.78. The van der Waals surface area contributed by atoms with Gasteiger partial charge in [0, 0.05) is 12.6 Å². The molecule has 2 atom stereocenters. The van der Waals surface area contributed by atoms with Crippen molar-refractivity contribution in [1.82, 2.24) is 19.5 Å². The maximum Gasteiger partial charge on any atom is 0.165 e. The molecule has 4 rings (SSSR count). The van der Waals surface area contributed by atoms with Crippen LogP contribution in [0.2, 0.25) is 0 Å². The summed E-state index contributed by atoms with van der Waals surface area (Å²) in [4.78, 5) is 14.3. The highest BCUT2D eigenvalue weighted by molar-refractivity contribution is 5.83. The van der Waals surface area contributed by atoms with Gasteiger partial charge in [0.15, 0.2) is 17.3 Å². The highest BCUT2D eigenvalue weighted by atomic mass is 16.3. The lowest BCUT2D eigenvalue weighted by Crippen LogP contribution is -2.34. The molecule has 148 valence electrons. The lowest BCUT2D eigenvalue weighted by molar-refractivity contribution is -0.0253. The molecule has 2 aromatic rings. The molecule has 2 aliphatic rings. The van der Waals surface area contributed by atoms with E-state index in [2.05, 4.69) is 35.6 Å². The lowest BCUT2D eigenvalue weighted by Gasteiger charge is -2.34. The summed E-state index contributed by atoms with van der Waals surface area (Å²) in [7, 11) is 0. The molecule has 2 heterocycles. The molecule has 2 aliphatic carbocycles. The zero-order valence-corrected chi connectivity index (χ0v) is 16.9. The molecule has 27 heavy (non-hydrogen) atoms. The Morgan fingerprint density at radius 1 is 1.26 bits per heavy atom. The number of aliphatic hydroxyl groups is 1. The van der Waals surface area contributed by atoms with Crippen LogP contribution in [0, 0.1) is 11.8 Å². The Labute approximate surface area is 161 Å². The molecule has 2 aromatic heterocycles. The molecule has 0 bridgehead atoms. The van der Waals surface area contributed by atoms with Crippen molar-refractivity contribution in [3.63, 3.8) is 0 Å². The van der Waals surface area contributed by atoms with Crippen molar-refractivity contribution in [3.05, 3.63) is 12.2 Å². The van der Waals surface area contributed by atoms with Gasteiger partial charge in [-0.05, 0) is 56.8 Å². The fourth-order valence-corrected chi connectivity index (χ4v) is 4.38. The average Bonchev–Trinajstić information content (AvgIpc) is 3.38. The summed E-state index contributed by atoms with van der Waals surface area (Å²) in [5.41, 5.74) is 0.774. The second-order valence-electron chi connectivity index (χ2n) is 8.80. The van der Waals surface area contributed by atoms with Crippen molar-refractivity contribution in [2.45, 2.75) is 90.3 Å². The van der Waals surface area contributed by atoms with Crippen LogP contribution in [0.5, 0.6) is 0 Å². The van der Waals surface area contributed by atoms with Gasteiger partial charge >= 0.3 is 0 Å². The number of imidazole rings is 1. The van der Waals surface area contributed by atoms with E-state index in [1.165, 1.54) is 19.3 Å². The molecule has 2 saturated carbocycles. The number of nitrogens with one attached hydrogen (secondary N) is 1. The van der Waals surface area contributed by atoms with Crippen molar-refractivity contribution >= 4 is 17.0 Å². The zero-order chi connectivity index (χ0) is 19.0. The Kier molecular flexibility index (Phi) is 5.10. The smallest absolute Gasteiger partial charge is 0.165 e. The number of hydrogen-bond donors (Lipinski definition) is 2. The minimum absolute atomic E-state index is 0.351. The monoisotopic (exact) mass is 371 g/mol. The maximum absolute atomic E-state index is 11.4. The normalized spacial score (nSPS) is 26.0. The van der Waals surface area contributed by atoms with Gasteiger partial charge < -0.3 is 15.0 Å². The molecular formula is C21H33N5O. The van der Waals surface area contributed by atoms with Gasteiger partial charge in [0.25, 0.3) is 0 Å². The standard InChI is InChI=1S/C21H33N5O/c1-4-16(5-2)23-18-17-19(26(13-22-17)12-15-8-9-15)25-20(24-18)21(27)10-6-7-14(3)11-21/h13-16,27H,4-12H2,1-3H3,(H,23,24,25)/t14-,21+/m1/s1. The van der Waals surface area contributed by atoms with Crippen LogP contribution in [0.3, 0.4) is 0 Å². The molecule has 0 amide bonds. The van der Waals surface area contributed by atoms with E-state index in [1.54, 1.807) is 0 Å². The third-order valence-electron chi connectivity index (χ3n) is 6.33. The van der Waals surface area contributed by atoms with Gasteiger partial charge in [-0.25, -0.2) is 15.0 Å². The molecule has 0 aromatic carbocycles. The van der Waals surface area contributed by atoms with Gasteiger partial charge in [0.2, 0.25) is 0 Å². The number of hydrogen-bond acceptors (Lipinski definition) is 5. The minimum Gasteiger partial charge on any atom is -0.382 e. The average molecular weight is 372 g/mol. The first-order valence-corrected chi connectivity index (χ1v) is 10.7. The summed E-state index contributed by atoms with van der Waals surface area (Å²) in [6.45, 7) is 7.54. The largest absolute Gasteiger partial charge is 0.382 e. The van der Waals surface area contributed by atoms with Crippen LogP contribution < -0.4 is 5.32 Å². The van der Waals surface area contributed by atoms with Crippen molar-refractivity contribution < 1.29 is 5.11 Å². The Morgan fingerprint density at radius 2 is 2.04 bits per heavy atom. The molecule has 6 nitrogen and oxygen atoms in total. The maximum atomic E-state index is 11.4. The van der Waals surface area contributed by atoms with Crippen LogP contribution in [0.25, 0.3) is 11.2 Å². The first-order chi connectivity index (χ1) is 13.0. The fourth-order valence-electron chi connectivity index (χ4n) is 4.38. The SMILES string of the molecule is CCC(CC)Nc1nc([C@]2(O)CCC[C@@H](C)C2)nc2c1ncn2CC1CC1. The predicted molar refractivity (Wildman–Crippen MR) is 108 cm³/mol. The molecule has 0 aliphatic heterocycles. The van der Waals surface area contributed by atoms with Crippen molar-refractivity contribution in [3.8, 4) is 0 Å². The van der Waals surface area contributed by atoms with Gasteiger partial charge in [-0.15, -0.1) is 0 Å². The van der Waals surface area contributed by atoms with Crippen molar-refractivity contribution in [2.75, 3.05) is 5.32 Å². The van der Waals surface area contributed by atoms with E-state index < -0.39 is 5.60 Å². The first kappa shape index (κ1) is 18.7. The number of fused-ring (bicyclic) bond motifs is 1. The summed E-state index contributed by atoms with van der Waals surface area (Å²) in [5.74, 6) is 2.60. The molecule has 0 unspecified atom stereocenters. The molecule has 6 heteroatoms. The van der Waals surface area contributed by atoms with Crippen LogP contribution in [0.15, 0.2) is 6.33 Å². The van der Waals surface area contributed by atoms with Crippen LogP contribution in [0.4, 0.5) is 5.82 Å². The summed E-state index contributed by atoms with van der Waals surface area (Å²) < 4.78 is 2.16. The summed E-state index contributed by atoms with van der Waals surface area (Å²) >= 11 is 0. The molecule has 2 N–H and O–H groups in total. The molecule has 0 saturated heterocycles. The van der Waals surface area contributed by atoms with E-state index in [0.717, 1.165) is 61.5 Å². The second kappa shape index (κ2) is 7.38. The number of nitrogens with zero attached hydrogens (tertiary/aromatic N) is 4. The summed E-state index contributed by atoms with van der Waals surface area (Å²) in [5, 5.41) is 15.0. The van der Waals surface area contributed by atoms with Crippen molar-refractivity contribution in [2.24, 2.45) is 11.8 Å². The third kappa shape index (κ3) is 3.82. The topological polar surface area (TPSA) is 75.9 Å². The molecular weight excluding hydrogens is 338 g/mol.